The van der Waals surface area contributed by atoms with Gasteiger partial charge in [-0.25, -0.2) is 4.79 Å². The first-order valence-electron chi connectivity index (χ1n) is 7.69. The smallest absolute Gasteiger partial charge is 0.341 e. The normalized spacial score (nSPS) is 10.0. The van der Waals surface area contributed by atoms with Crippen molar-refractivity contribution in [3.63, 3.8) is 0 Å². The van der Waals surface area contributed by atoms with Gasteiger partial charge in [-0.3, -0.25) is 4.98 Å². The van der Waals surface area contributed by atoms with Gasteiger partial charge in [-0.15, -0.1) is 12.4 Å². The van der Waals surface area contributed by atoms with Crippen molar-refractivity contribution in [2.24, 2.45) is 0 Å². The van der Waals surface area contributed by atoms with Crippen molar-refractivity contribution in [1.29, 1.82) is 0 Å². The molecular weight excluding hydrogens is 340 g/mol. The molecule has 25 heavy (non-hydrogen) atoms. The molecule has 0 saturated carbocycles. The Hall–Kier alpha value is -2.79. The first-order valence-corrected chi connectivity index (χ1v) is 7.69. The maximum atomic E-state index is 12.3. The van der Waals surface area contributed by atoms with Crippen LogP contribution in [0.3, 0.4) is 0 Å². The van der Waals surface area contributed by atoms with Gasteiger partial charge in [0, 0.05) is 17.3 Å². The summed E-state index contributed by atoms with van der Waals surface area (Å²) in [7, 11) is 1.60. The largest absolute Gasteiger partial charge is 0.494 e. The summed E-state index contributed by atoms with van der Waals surface area (Å²) in [4.78, 5) is 16.7. The number of anilines is 2. The van der Waals surface area contributed by atoms with E-state index < -0.39 is 5.97 Å². The van der Waals surface area contributed by atoms with Crippen molar-refractivity contribution in [2.45, 2.75) is 6.92 Å². The van der Waals surface area contributed by atoms with Crippen LogP contribution >= 0.6 is 12.4 Å². The summed E-state index contributed by atoms with van der Waals surface area (Å²) in [6.07, 6.45) is 1.52. The van der Waals surface area contributed by atoms with Gasteiger partial charge in [-0.05, 0) is 25.1 Å². The zero-order valence-electron chi connectivity index (χ0n) is 14.0. The zero-order chi connectivity index (χ0) is 16.9. The highest BCUT2D eigenvalue weighted by atomic mass is 35.5. The Bertz CT molecular complexity index is 869. The number of ether oxygens (including phenoxy) is 2. The molecule has 0 amide bonds. The minimum atomic E-state index is -0.409. The van der Waals surface area contributed by atoms with Gasteiger partial charge >= 0.3 is 5.97 Å². The van der Waals surface area contributed by atoms with E-state index in [0.717, 1.165) is 11.1 Å². The quantitative estimate of drug-likeness (QED) is 0.676. The molecule has 0 fully saturated rings. The molecule has 2 aromatic carbocycles. The van der Waals surface area contributed by atoms with Crippen LogP contribution in [0.25, 0.3) is 10.9 Å². The van der Waals surface area contributed by atoms with Crippen LogP contribution in [0.4, 0.5) is 11.4 Å². The highest BCUT2D eigenvalue weighted by Crippen LogP contribution is 2.33. The summed E-state index contributed by atoms with van der Waals surface area (Å²) >= 11 is 0. The Morgan fingerprint density at radius 2 is 1.88 bits per heavy atom. The predicted molar refractivity (Wildman–Crippen MR) is 101 cm³/mol. The standard InChI is InChI=1S/C19H18N2O3.ClH/c1-3-24-19(22)15-12-20-18-14(10-7-11-16(18)23-2)17(15)21-13-8-5-4-6-9-13;/h4-12H,3H2,1-2H3,(H,20,21);1H. The summed E-state index contributed by atoms with van der Waals surface area (Å²) in [6, 6.07) is 15.3. The molecule has 0 unspecified atom stereocenters. The van der Waals surface area contributed by atoms with E-state index in [1.54, 1.807) is 14.0 Å². The Balaban J connectivity index is 0.00000225. The van der Waals surface area contributed by atoms with Crippen LogP contribution < -0.4 is 10.1 Å². The third kappa shape index (κ3) is 3.83. The number of halogens is 1. The van der Waals surface area contributed by atoms with Crippen molar-refractivity contribution < 1.29 is 14.3 Å². The minimum absolute atomic E-state index is 0. The summed E-state index contributed by atoms with van der Waals surface area (Å²) in [6.45, 7) is 2.08. The van der Waals surface area contributed by atoms with Crippen LogP contribution in [0.1, 0.15) is 17.3 Å². The van der Waals surface area contributed by atoms with Gasteiger partial charge in [-0.2, -0.15) is 0 Å². The SMILES string of the molecule is CCOC(=O)c1cnc2c(OC)cccc2c1Nc1ccccc1.Cl. The molecule has 0 aliphatic rings. The zero-order valence-corrected chi connectivity index (χ0v) is 14.8. The van der Waals surface area contributed by atoms with Gasteiger partial charge in [-0.1, -0.05) is 30.3 Å². The number of pyridine rings is 1. The lowest BCUT2D eigenvalue weighted by Gasteiger charge is -2.15. The highest BCUT2D eigenvalue weighted by molar-refractivity contribution is 6.07. The molecule has 0 spiro atoms. The van der Waals surface area contributed by atoms with Crippen molar-refractivity contribution in [1.82, 2.24) is 4.98 Å². The average Bonchev–Trinajstić information content (AvgIpc) is 2.62. The van der Waals surface area contributed by atoms with Crippen molar-refractivity contribution >= 4 is 40.7 Å². The summed E-state index contributed by atoms with van der Waals surface area (Å²) in [5, 5.41) is 4.10. The molecule has 0 aliphatic heterocycles. The topological polar surface area (TPSA) is 60.5 Å². The second-order valence-corrected chi connectivity index (χ2v) is 5.11. The van der Waals surface area contributed by atoms with Crippen LogP contribution in [-0.4, -0.2) is 24.7 Å². The van der Waals surface area contributed by atoms with Crippen molar-refractivity contribution in [3.05, 3.63) is 60.3 Å². The van der Waals surface area contributed by atoms with Gasteiger partial charge in [0.15, 0.2) is 0 Å². The fourth-order valence-corrected chi connectivity index (χ4v) is 2.52. The number of methoxy groups -OCH3 is 1. The van der Waals surface area contributed by atoms with Gasteiger partial charge < -0.3 is 14.8 Å². The molecule has 0 bridgehead atoms. The molecule has 130 valence electrons. The molecule has 1 N–H and O–H groups in total. The number of nitrogens with zero attached hydrogens (tertiary/aromatic N) is 1. The van der Waals surface area contributed by atoms with Crippen LogP contribution in [0.2, 0.25) is 0 Å². The molecule has 3 aromatic rings. The molecule has 0 saturated heterocycles. The molecule has 0 aliphatic carbocycles. The molecule has 3 rings (SSSR count). The Labute approximate surface area is 152 Å². The Morgan fingerprint density at radius 3 is 2.56 bits per heavy atom. The predicted octanol–water partition coefficient (Wildman–Crippen LogP) is 4.59. The fourth-order valence-electron chi connectivity index (χ4n) is 2.52. The highest BCUT2D eigenvalue weighted by Gasteiger charge is 2.18. The Kier molecular flexibility index (Phi) is 6.19. The molecule has 0 atom stereocenters. The van der Waals surface area contributed by atoms with E-state index in [4.69, 9.17) is 9.47 Å². The maximum absolute atomic E-state index is 12.3. The number of para-hydroxylation sites is 2. The minimum Gasteiger partial charge on any atom is -0.494 e. The maximum Gasteiger partial charge on any atom is 0.341 e. The van der Waals surface area contributed by atoms with E-state index in [2.05, 4.69) is 10.3 Å². The summed E-state index contributed by atoms with van der Waals surface area (Å²) < 4.78 is 10.5. The average molecular weight is 359 g/mol. The van der Waals surface area contributed by atoms with Crippen LogP contribution in [-0.2, 0) is 4.74 Å². The monoisotopic (exact) mass is 358 g/mol. The molecular formula is C19H19ClN2O3. The van der Waals surface area contributed by atoms with Gasteiger partial charge in [0.25, 0.3) is 0 Å². The van der Waals surface area contributed by atoms with E-state index in [0.29, 0.717) is 29.1 Å². The van der Waals surface area contributed by atoms with Crippen molar-refractivity contribution in [3.8, 4) is 5.75 Å². The molecule has 1 aromatic heterocycles. The van der Waals surface area contributed by atoms with Gasteiger partial charge in [0.2, 0.25) is 0 Å². The number of carbonyl (C=O) groups excluding carboxylic acids is 1. The number of rotatable bonds is 5. The molecule has 5 nitrogen and oxygen atoms in total. The Morgan fingerprint density at radius 1 is 1.12 bits per heavy atom. The van der Waals surface area contributed by atoms with Crippen LogP contribution in [0.5, 0.6) is 5.75 Å². The van der Waals surface area contributed by atoms with Crippen LogP contribution in [0, 0.1) is 0 Å². The van der Waals surface area contributed by atoms with E-state index in [1.807, 2.05) is 48.5 Å². The lowest BCUT2D eigenvalue weighted by molar-refractivity contribution is 0.0527. The fraction of sp³-hybridized carbons (Fsp3) is 0.158. The van der Waals surface area contributed by atoms with Crippen LogP contribution in [0.15, 0.2) is 54.7 Å². The van der Waals surface area contributed by atoms with E-state index in [-0.39, 0.29) is 12.4 Å². The first-order chi connectivity index (χ1) is 11.7. The van der Waals surface area contributed by atoms with Gasteiger partial charge in [0.1, 0.15) is 16.8 Å². The number of esters is 1. The second kappa shape index (κ2) is 8.35. The van der Waals surface area contributed by atoms with E-state index >= 15 is 0 Å². The number of benzene rings is 2. The summed E-state index contributed by atoms with van der Waals surface area (Å²) in [5.41, 5.74) is 2.61. The first kappa shape index (κ1) is 18.5. The third-order valence-electron chi connectivity index (χ3n) is 3.62. The van der Waals surface area contributed by atoms with E-state index in [1.165, 1.54) is 6.20 Å². The lowest BCUT2D eigenvalue weighted by atomic mass is 10.1. The number of nitrogens with one attached hydrogen (secondary N) is 1. The van der Waals surface area contributed by atoms with Gasteiger partial charge in [0.05, 0.1) is 19.4 Å². The second-order valence-electron chi connectivity index (χ2n) is 5.11. The number of fused-ring (bicyclic) bond motifs is 1. The lowest BCUT2D eigenvalue weighted by Crippen LogP contribution is -2.09. The number of carbonyl (C=O) groups is 1. The number of hydrogen-bond donors (Lipinski definition) is 1. The third-order valence-corrected chi connectivity index (χ3v) is 3.62. The summed E-state index contributed by atoms with van der Waals surface area (Å²) in [5.74, 6) is 0.243. The van der Waals surface area contributed by atoms with Crippen molar-refractivity contribution in [2.75, 3.05) is 19.0 Å². The number of aromatic nitrogens is 1. The van der Waals surface area contributed by atoms with E-state index in [9.17, 15) is 4.79 Å². The molecule has 6 heteroatoms. The molecule has 0 radical (unpaired) electrons. The number of hydrogen-bond acceptors (Lipinski definition) is 5. The molecule has 1 heterocycles.